The first-order valence-corrected chi connectivity index (χ1v) is 9.98. The van der Waals surface area contributed by atoms with Gasteiger partial charge in [-0.15, -0.1) is 0 Å². The van der Waals surface area contributed by atoms with Crippen LogP contribution in [-0.2, 0) is 11.2 Å². The SMILES string of the molecule is CNC(=O)CNC(=O)c1cc(-c2ccccc2C#N)cnc1NCCc1cccc(F)c1. The van der Waals surface area contributed by atoms with E-state index < -0.39 is 5.91 Å². The lowest BCUT2D eigenvalue weighted by atomic mass is 10.00. The van der Waals surface area contributed by atoms with Crippen LogP contribution < -0.4 is 16.0 Å². The average molecular weight is 431 g/mol. The van der Waals surface area contributed by atoms with Crippen LogP contribution in [-0.4, -0.2) is 36.9 Å². The number of pyridine rings is 1. The van der Waals surface area contributed by atoms with E-state index in [0.29, 0.717) is 35.5 Å². The summed E-state index contributed by atoms with van der Waals surface area (Å²) in [5, 5.41) is 17.5. The molecule has 7 nitrogen and oxygen atoms in total. The fraction of sp³-hybridized carbons (Fsp3) is 0.167. The second-order valence-corrected chi connectivity index (χ2v) is 6.94. The van der Waals surface area contributed by atoms with Crippen LogP contribution >= 0.6 is 0 Å². The fourth-order valence-electron chi connectivity index (χ4n) is 3.12. The molecule has 32 heavy (non-hydrogen) atoms. The van der Waals surface area contributed by atoms with E-state index in [1.54, 1.807) is 42.6 Å². The van der Waals surface area contributed by atoms with Crippen LogP contribution in [0.25, 0.3) is 11.1 Å². The highest BCUT2D eigenvalue weighted by molar-refractivity contribution is 6.01. The predicted molar refractivity (Wildman–Crippen MR) is 119 cm³/mol. The normalized spacial score (nSPS) is 10.2. The zero-order valence-corrected chi connectivity index (χ0v) is 17.5. The van der Waals surface area contributed by atoms with Crippen molar-refractivity contribution in [2.24, 2.45) is 0 Å². The summed E-state index contributed by atoms with van der Waals surface area (Å²) < 4.78 is 13.4. The Hall–Kier alpha value is -4.25. The monoisotopic (exact) mass is 431 g/mol. The number of hydrogen-bond donors (Lipinski definition) is 3. The summed E-state index contributed by atoms with van der Waals surface area (Å²) in [4.78, 5) is 28.7. The molecule has 0 aliphatic rings. The Morgan fingerprint density at radius 2 is 1.94 bits per heavy atom. The minimum atomic E-state index is -0.481. The van der Waals surface area contributed by atoms with Crippen molar-refractivity contribution in [1.29, 1.82) is 5.26 Å². The Balaban J connectivity index is 1.86. The molecule has 0 unspecified atom stereocenters. The molecule has 3 aromatic rings. The van der Waals surface area contributed by atoms with Gasteiger partial charge in [-0.25, -0.2) is 9.37 Å². The first-order valence-electron chi connectivity index (χ1n) is 9.98. The Kier molecular flexibility index (Phi) is 7.49. The van der Waals surface area contributed by atoms with Crippen LogP contribution in [0.1, 0.15) is 21.5 Å². The Morgan fingerprint density at radius 1 is 1.12 bits per heavy atom. The number of benzene rings is 2. The number of halogens is 1. The number of nitriles is 1. The van der Waals surface area contributed by atoms with Crippen LogP contribution in [0.15, 0.2) is 60.8 Å². The summed E-state index contributed by atoms with van der Waals surface area (Å²) in [5.41, 5.74) is 2.75. The number of nitrogens with one attached hydrogen (secondary N) is 3. The van der Waals surface area contributed by atoms with Crippen molar-refractivity contribution >= 4 is 17.6 Å². The molecule has 2 aromatic carbocycles. The van der Waals surface area contributed by atoms with Crippen LogP contribution in [0.4, 0.5) is 10.2 Å². The number of hydrogen-bond acceptors (Lipinski definition) is 5. The molecular weight excluding hydrogens is 409 g/mol. The van der Waals surface area contributed by atoms with Gasteiger partial charge >= 0.3 is 0 Å². The predicted octanol–water partition coefficient (Wildman–Crippen LogP) is 2.89. The van der Waals surface area contributed by atoms with E-state index in [-0.39, 0.29) is 23.8 Å². The van der Waals surface area contributed by atoms with Crippen molar-refractivity contribution in [2.45, 2.75) is 6.42 Å². The van der Waals surface area contributed by atoms with E-state index in [0.717, 1.165) is 5.56 Å². The highest BCUT2D eigenvalue weighted by Crippen LogP contribution is 2.26. The zero-order valence-electron chi connectivity index (χ0n) is 17.5. The second-order valence-electron chi connectivity index (χ2n) is 6.94. The molecule has 0 aliphatic carbocycles. The lowest BCUT2D eigenvalue weighted by molar-refractivity contribution is -0.119. The van der Waals surface area contributed by atoms with Gasteiger partial charge in [-0.1, -0.05) is 30.3 Å². The van der Waals surface area contributed by atoms with Gasteiger partial charge in [0.25, 0.3) is 5.91 Å². The van der Waals surface area contributed by atoms with Gasteiger partial charge in [-0.3, -0.25) is 9.59 Å². The molecule has 162 valence electrons. The zero-order chi connectivity index (χ0) is 22.9. The number of carbonyl (C=O) groups is 2. The second kappa shape index (κ2) is 10.7. The van der Waals surface area contributed by atoms with E-state index in [2.05, 4.69) is 27.0 Å². The summed E-state index contributed by atoms with van der Waals surface area (Å²) in [6.45, 7) is 0.234. The average Bonchev–Trinajstić information content (AvgIpc) is 2.82. The quantitative estimate of drug-likeness (QED) is 0.508. The molecule has 0 atom stereocenters. The molecule has 8 heteroatoms. The van der Waals surface area contributed by atoms with Crippen molar-refractivity contribution < 1.29 is 14.0 Å². The number of aromatic nitrogens is 1. The van der Waals surface area contributed by atoms with E-state index >= 15 is 0 Å². The van der Waals surface area contributed by atoms with E-state index in [1.807, 2.05) is 6.07 Å². The first kappa shape index (κ1) is 22.4. The lowest BCUT2D eigenvalue weighted by Gasteiger charge is -2.14. The minimum Gasteiger partial charge on any atom is -0.369 e. The standard InChI is InChI=1S/C24H22FN5O2/c1-27-22(31)15-30-24(32)21-12-18(20-8-3-2-6-17(20)13-26)14-29-23(21)28-10-9-16-5-4-7-19(25)11-16/h2-8,11-12,14H,9-10,15H2,1H3,(H,27,31)(H,28,29)(H,30,32). The number of likely N-dealkylation sites (N-methyl/N-ethyl adjacent to an activating group) is 1. The van der Waals surface area contributed by atoms with Crippen molar-refractivity contribution in [3.05, 3.63) is 83.3 Å². The first-order chi connectivity index (χ1) is 15.5. The molecule has 0 fully saturated rings. The van der Waals surface area contributed by atoms with Gasteiger partial charge in [0, 0.05) is 30.9 Å². The number of anilines is 1. The van der Waals surface area contributed by atoms with Gasteiger partial charge in [0.05, 0.1) is 23.7 Å². The van der Waals surface area contributed by atoms with Crippen molar-refractivity contribution in [3.63, 3.8) is 0 Å². The number of amides is 2. The van der Waals surface area contributed by atoms with Crippen molar-refractivity contribution in [2.75, 3.05) is 25.5 Å². The van der Waals surface area contributed by atoms with E-state index in [4.69, 9.17) is 0 Å². The topological polar surface area (TPSA) is 107 Å². The third kappa shape index (κ3) is 5.67. The smallest absolute Gasteiger partial charge is 0.255 e. The lowest BCUT2D eigenvalue weighted by Crippen LogP contribution is -2.35. The molecule has 0 spiro atoms. The van der Waals surface area contributed by atoms with Crippen molar-refractivity contribution in [1.82, 2.24) is 15.6 Å². The minimum absolute atomic E-state index is 0.183. The molecule has 0 saturated heterocycles. The van der Waals surface area contributed by atoms with Gasteiger partial charge in [-0.05, 0) is 36.2 Å². The largest absolute Gasteiger partial charge is 0.369 e. The third-order valence-corrected chi connectivity index (χ3v) is 4.77. The Bertz CT molecular complexity index is 1170. The summed E-state index contributed by atoms with van der Waals surface area (Å²) in [7, 11) is 1.48. The van der Waals surface area contributed by atoms with Gasteiger partial charge in [0.1, 0.15) is 11.6 Å². The number of rotatable bonds is 8. The fourth-order valence-corrected chi connectivity index (χ4v) is 3.12. The third-order valence-electron chi connectivity index (χ3n) is 4.77. The summed E-state index contributed by atoms with van der Waals surface area (Å²) in [6.07, 6.45) is 2.11. The van der Waals surface area contributed by atoms with Crippen LogP contribution in [0, 0.1) is 17.1 Å². The number of carbonyl (C=O) groups excluding carboxylic acids is 2. The molecule has 1 aromatic heterocycles. The summed E-state index contributed by atoms with van der Waals surface area (Å²) in [5.74, 6) is -0.798. The Morgan fingerprint density at radius 3 is 2.69 bits per heavy atom. The molecule has 0 saturated carbocycles. The number of nitrogens with zero attached hydrogens (tertiary/aromatic N) is 2. The molecule has 0 bridgehead atoms. The molecular formula is C24H22FN5O2. The van der Waals surface area contributed by atoms with Gasteiger partial charge < -0.3 is 16.0 Å². The van der Waals surface area contributed by atoms with Crippen LogP contribution in [0.5, 0.6) is 0 Å². The maximum Gasteiger partial charge on any atom is 0.255 e. The van der Waals surface area contributed by atoms with Crippen LogP contribution in [0.2, 0.25) is 0 Å². The summed E-state index contributed by atoms with van der Waals surface area (Å²) >= 11 is 0. The summed E-state index contributed by atoms with van der Waals surface area (Å²) in [6, 6.07) is 17.1. The Labute approximate surface area is 185 Å². The maximum atomic E-state index is 13.4. The highest BCUT2D eigenvalue weighted by Gasteiger charge is 2.16. The van der Waals surface area contributed by atoms with Gasteiger partial charge in [-0.2, -0.15) is 5.26 Å². The molecule has 0 aliphatic heterocycles. The van der Waals surface area contributed by atoms with Crippen molar-refractivity contribution in [3.8, 4) is 17.2 Å². The molecule has 0 radical (unpaired) electrons. The molecule has 1 heterocycles. The van der Waals surface area contributed by atoms with Crippen LogP contribution in [0.3, 0.4) is 0 Å². The van der Waals surface area contributed by atoms with Gasteiger partial charge in [0.15, 0.2) is 0 Å². The maximum absolute atomic E-state index is 13.4. The van der Waals surface area contributed by atoms with E-state index in [9.17, 15) is 19.2 Å². The molecule has 3 N–H and O–H groups in total. The van der Waals surface area contributed by atoms with Gasteiger partial charge in [0.2, 0.25) is 5.91 Å². The molecule has 2 amide bonds. The highest BCUT2D eigenvalue weighted by atomic mass is 19.1. The molecule has 3 rings (SSSR count). The van der Waals surface area contributed by atoms with E-state index in [1.165, 1.54) is 19.2 Å².